The molecule has 1 saturated heterocycles. The Morgan fingerprint density at radius 2 is 1.93 bits per heavy atom. The summed E-state index contributed by atoms with van der Waals surface area (Å²) in [4.78, 5) is 18.0. The maximum atomic E-state index is 13.3. The van der Waals surface area contributed by atoms with Gasteiger partial charge >= 0.3 is 0 Å². The number of hydrogen-bond donors (Lipinski definition) is 1. The molecule has 1 aromatic carbocycles. The van der Waals surface area contributed by atoms with Gasteiger partial charge in [0.25, 0.3) is 5.89 Å². The van der Waals surface area contributed by atoms with Crippen LogP contribution in [0.2, 0.25) is 0 Å². The highest BCUT2D eigenvalue weighted by atomic mass is 16.5. The largest absolute Gasteiger partial charge is 0.368 e. The van der Waals surface area contributed by atoms with Crippen LogP contribution in [0.3, 0.4) is 0 Å². The van der Waals surface area contributed by atoms with E-state index < -0.39 is 5.54 Å². The molecular formula is C24H31N3O3. The molecule has 2 saturated carbocycles. The van der Waals surface area contributed by atoms with Crippen LogP contribution in [-0.2, 0) is 15.1 Å². The Balaban J connectivity index is 1.36. The van der Waals surface area contributed by atoms with Gasteiger partial charge in [0.2, 0.25) is 5.91 Å². The SMILES string of the molecule is Cc1ccccc1[C@@H]1C[C@H]1C(=O)NC1(c2noc([C@@H]3CCCO3)n2)CCCCCC1. The second kappa shape index (κ2) is 8.14. The third-order valence-electron chi connectivity index (χ3n) is 7.11. The molecule has 30 heavy (non-hydrogen) atoms. The molecule has 6 nitrogen and oxygen atoms in total. The van der Waals surface area contributed by atoms with Crippen molar-refractivity contribution in [2.75, 3.05) is 6.61 Å². The molecule has 160 valence electrons. The van der Waals surface area contributed by atoms with Gasteiger partial charge in [0.15, 0.2) is 5.82 Å². The second-order valence-corrected chi connectivity index (χ2v) is 9.25. The van der Waals surface area contributed by atoms with Crippen LogP contribution >= 0.6 is 0 Å². The van der Waals surface area contributed by atoms with Gasteiger partial charge in [-0.1, -0.05) is 55.1 Å². The van der Waals surface area contributed by atoms with Crippen molar-refractivity contribution in [3.05, 3.63) is 47.1 Å². The normalized spacial score (nSPS) is 28.1. The molecule has 1 N–H and O–H groups in total. The van der Waals surface area contributed by atoms with Crippen molar-refractivity contribution < 1.29 is 14.1 Å². The summed E-state index contributed by atoms with van der Waals surface area (Å²) < 4.78 is 11.3. The van der Waals surface area contributed by atoms with Crippen LogP contribution in [0.5, 0.6) is 0 Å². The molecule has 1 amide bonds. The molecule has 0 radical (unpaired) electrons. The number of carbonyl (C=O) groups is 1. The van der Waals surface area contributed by atoms with E-state index in [9.17, 15) is 4.79 Å². The molecule has 6 heteroatoms. The van der Waals surface area contributed by atoms with Crippen molar-refractivity contribution in [3.63, 3.8) is 0 Å². The summed E-state index contributed by atoms with van der Waals surface area (Å²) >= 11 is 0. The van der Waals surface area contributed by atoms with E-state index in [0.29, 0.717) is 17.6 Å². The molecule has 3 aliphatic rings. The molecule has 0 spiro atoms. The Hall–Kier alpha value is -2.21. The Morgan fingerprint density at radius 3 is 2.67 bits per heavy atom. The second-order valence-electron chi connectivity index (χ2n) is 9.25. The third kappa shape index (κ3) is 3.78. The van der Waals surface area contributed by atoms with Gasteiger partial charge in [0.1, 0.15) is 11.6 Å². The first-order valence-corrected chi connectivity index (χ1v) is 11.5. The van der Waals surface area contributed by atoms with Crippen LogP contribution in [0.25, 0.3) is 0 Å². The van der Waals surface area contributed by atoms with Crippen LogP contribution in [-0.4, -0.2) is 22.7 Å². The first kappa shape index (κ1) is 19.7. The zero-order chi connectivity index (χ0) is 20.6. The third-order valence-corrected chi connectivity index (χ3v) is 7.11. The summed E-state index contributed by atoms with van der Waals surface area (Å²) in [5.74, 6) is 1.69. The Kier molecular flexibility index (Phi) is 5.35. The van der Waals surface area contributed by atoms with Gasteiger partial charge < -0.3 is 14.6 Å². The van der Waals surface area contributed by atoms with Crippen LogP contribution in [0.4, 0.5) is 0 Å². The van der Waals surface area contributed by atoms with Gasteiger partial charge in [-0.2, -0.15) is 4.98 Å². The fourth-order valence-electron chi connectivity index (χ4n) is 5.23. The molecule has 2 heterocycles. The van der Waals surface area contributed by atoms with Gasteiger partial charge in [-0.25, -0.2) is 0 Å². The highest BCUT2D eigenvalue weighted by Gasteiger charge is 2.48. The number of aromatic nitrogens is 2. The molecule has 3 fully saturated rings. The number of aryl methyl sites for hydroxylation is 1. The quantitative estimate of drug-likeness (QED) is 0.725. The standard InChI is InChI=1S/C24H31N3O3/c1-16-9-4-5-10-17(16)18-15-19(18)21(28)26-24(12-6-2-3-7-13-24)23-25-22(30-27-23)20-11-8-14-29-20/h4-5,9-10,18-20H,2-3,6-8,11-15H2,1H3,(H,26,28)/t18-,19+,20-/m0/s1. The van der Waals surface area contributed by atoms with E-state index >= 15 is 0 Å². The first-order chi connectivity index (χ1) is 14.7. The maximum Gasteiger partial charge on any atom is 0.255 e. The number of nitrogens with one attached hydrogen (secondary N) is 1. The summed E-state index contributed by atoms with van der Waals surface area (Å²) in [5, 5.41) is 7.75. The average molecular weight is 410 g/mol. The van der Waals surface area contributed by atoms with Crippen molar-refractivity contribution in [3.8, 4) is 0 Å². The van der Waals surface area contributed by atoms with Crippen molar-refractivity contribution >= 4 is 5.91 Å². The summed E-state index contributed by atoms with van der Waals surface area (Å²) in [7, 11) is 0. The number of hydrogen-bond acceptors (Lipinski definition) is 5. The van der Waals surface area contributed by atoms with Gasteiger partial charge in [-0.3, -0.25) is 4.79 Å². The van der Waals surface area contributed by atoms with Gasteiger partial charge in [0, 0.05) is 12.5 Å². The Bertz CT molecular complexity index is 895. The van der Waals surface area contributed by atoms with Crippen LogP contribution < -0.4 is 5.32 Å². The van der Waals surface area contributed by atoms with Gasteiger partial charge in [-0.05, 0) is 56.1 Å². The minimum atomic E-state index is -0.521. The Labute approximate surface area is 177 Å². The number of amides is 1. The first-order valence-electron chi connectivity index (χ1n) is 11.5. The van der Waals surface area contributed by atoms with Crippen LogP contribution in [0.15, 0.2) is 28.8 Å². The predicted molar refractivity (Wildman–Crippen MR) is 112 cm³/mol. The van der Waals surface area contributed by atoms with Crippen molar-refractivity contribution in [1.29, 1.82) is 0 Å². The molecule has 1 aromatic heterocycles. The zero-order valence-electron chi connectivity index (χ0n) is 17.7. The highest BCUT2D eigenvalue weighted by Crippen LogP contribution is 2.49. The van der Waals surface area contributed by atoms with Gasteiger partial charge in [0.05, 0.1) is 0 Å². The topological polar surface area (TPSA) is 77.2 Å². The van der Waals surface area contributed by atoms with Crippen molar-refractivity contribution in [2.24, 2.45) is 5.92 Å². The molecular weight excluding hydrogens is 378 g/mol. The number of nitrogens with zero attached hydrogens (tertiary/aromatic N) is 2. The smallest absolute Gasteiger partial charge is 0.255 e. The highest BCUT2D eigenvalue weighted by molar-refractivity contribution is 5.83. The van der Waals surface area contributed by atoms with E-state index in [1.807, 2.05) is 0 Å². The van der Waals surface area contributed by atoms with E-state index in [0.717, 1.165) is 51.6 Å². The number of rotatable bonds is 5. The van der Waals surface area contributed by atoms with E-state index in [1.54, 1.807) is 0 Å². The van der Waals surface area contributed by atoms with E-state index in [1.165, 1.54) is 24.0 Å². The van der Waals surface area contributed by atoms with Crippen LogP contribution in [0, 0.1) is 12.8 Å². The fraction of sp³-hybridized carbons (Fsp3) is 0.625. The van der Waals surface area contributed by atoms with E-state index in [-0.39, 0.29) is 17.9 Å². The van der Waals surface area contributed by atoms with E-state index in [4.69, 9.17) is 14.2 Å². The maximum absolute atomic E-state index is 13.3. The number of benzene rings is 1. The van der Waals surface area contributed by atoms with Crippen LogP contribution in [0.1, 0.15) is 92.7 Å². The molecule has 3 atom stereocenters. The minimum absolute atomic E-state index is 0.0377. The minimum Gasteiger partial charge on any atom is -0.368 e. The lowest BCUT2D eigenvalue weighted by molar-refractivity contribution is -0.124. The van der Waals surface area contributed by atoms with Crippen molar-refractivity contribution in [1.82, 2.24) is 15.5 Å². The molecule has 0 bridgehead atoms. The summed E-state index contributed by atoms with van der Waals surface area (Å²) in [6, 6.07) is 8.40. The average Bonchev–Trinajstić information content (AvgIpc) is 3.16. The molecule has 2 aliphatic carbocycles. The van der Waals surface area contributed by atoms with Crippen molar-refractivity contribution in [2.45, 2.75) is 82.3 Å². The van der Waals surface area contributed by atoms with E-state index in [2.05, 4.69) is 41.7 Å². The number of ether oxygens (including phenoxy) is 1. The molecule has 5 rings (SSSR count). The lowest BCUT2D eigenvalue weighted by Crippen LogP contribution is -2.47. The fourth-order valence-corrected chi connectivity index (χ4v) is 5.23. The zero-order valence-corrected chi connectivity index (χ0v) is 17.7. The summed E-state index contributed by atoms with van der Waals surface area (Å²) in [6.07, 6.45) is 8.99. The lowest BCUT2D eigenvalue weighted by atomic mass is 9.88. The molecule has 1 aliphatic heterocycles. The lowest BCUT2D eigenvalue weighted by Gasteiger charge is -2.31. The van der Waals surface area contributed by atoms with Gasteiger partial charge in [-0.15, -0.1) is 0 Å². The summed E-state index contributed by atoms with van der Waals surface area (Å²) in [6.45, 7) is 2.87. The molecule has 2 aromatic rings. The Morgan fingerprint density at radius 1 is 1.13 bits per heavy atom. The summed E-state index contributed by atoms with van der Waals surface area (Å²) in [5.41, 5.74) is 2.04. The predicted octanol–water partition coefficient (Wildman–Crippen LogP) is 4.70. The number of carbonyl (C=O) groups excluding carboxylic acids is 1. The monoisotopic (exact) mass is 409 g/mol. The molecule has 0 unspecified atom stereocenters.